The first-order valence-electron chi connectivity index (χ1n) is 3.50. The van der Waals surface area contributed by atoms with Gasteiger partial charge in [0.1, 0.15) is 6.29 Å². The van der Waals surface area contributed by atoms with E-state index in [1.807, 2.05) is 0 Å². The van der Waals surface area contributed by atoms with Crippen molar-refractivity contribution in [2.45, 2.75) is 0 Å². The lowest BCUT2D eigenvalue weighted by atomic mass is 10.3. The van der Waals surface area contributed by atoms with Crippen molar-refractivity contribution in [3.8, 4) is 0 Å². The van der Waals surface area contributed by atoms with Crippen LogP contribution in [0, 0.1) is 0 Å². The van der Waals surface area contributed by atoms with E-state index in [1.54, 1.807) is 11.4 Å². The molecule has 13 heavy (non-hydrogen) atoms. The van der Waals surface area contributed by atoms with Gasteiger partial charge in [0, 0.05) is 0 Å². The van der Waals surface area contributed by atoms with Gasteiger partial charge in [0.2, 0.25) is 0 Å². The highest BCUT2D eigenvalue weighted by Gasteiger charge is 2.15. The molecule has 0 bridgehead atoms. The first kappa shape index (κ1) is 9.69. The molecule has 1 heterocycles. The van der Waals surface area contributed by atoms with Crippen molar-refractivity contribution in [3.05, 3.63) is 17.0 Å². The number of thiophene rings is 1. The van der Waals surface area contributed by atoms with E-state index in [1.165, 1.54) is 11.3 Å². The Morgan fingerprint density at radius 2 is 2.38 bits per heavy atom. The van der Waals surface area contributed by atoms with Crippen LogP contribution < -0.4 is 11.6 Å². The van der Waals surface area contributed by atoms with E-state index >= 15 is 0 Å². The Labute approximate surface area is 78.9 Å². The van der Waals surface area contributed by atoms with E-state index in [9.17, 15) is 9.59 Å². The maximum Gasteiger partial charge on any atom is 0.271 e. The zero-order valence-corrected chi connectivity index (χ0v) is 7.58. The van der Waals surface area contributed by atoms with Gasteiger partial charge < -0.3 is 10.5 Å². The van der Waals surface area contributed by atoms with Crippen molar-refractivity contribution in [1.29, 1.82) is 0 Å². The summed E-state index contributed by atoms with van der Waals surface area (Å²) in [5, 5.41) is 2.93. The topological polar surface area (TPSA) is 89.4 Å². The molecule has 0 unspecified atom stereocenters. The van der Waals surface area contributed by atoms with Gasteiger partial charge in [-0.2, -0.15) is 0 Å². The summed E-state index contributed by atoms with van der Waals surface area (Å²) in [6.45, 7) is -0.131. The van der Waals surface area contributed by atoms with Gasteiger partial charge in [0.15, 0.2) is 0 Å². The second-order valence-electron chi connectivity index (χ2n) is 2.32. The average Bonchev–Trinajstić information content (AvgIpc) is 2.50. The molecular weight excluding hydrogens is 190 g/mol. The third-order valence-corrected chi connectivity index (χ3v) is 2.20. The Balaban J connectivity index is 2.79. The molecule has 1 aromatic heterocycles. The van der Waals surface area contributed by atoms with Crippen molar-refractivity contribution < 1.29 is 9.59 Å². The number of hydrogen-bond donors (Lipinski definition) is 2. The molecule has 0 aliphatic heterocycles. The molecule has 70 valence electrons. The van der Waals surface area contributed by atoms with Gasteiger partial charge in [-0.25, -0.2) is 5.84 Å². The van der Waals surface area contributed by atoms with Crippen LogP contribution in [0.1, 0.15) is 10.4 Å². The fraction of sp³-hybridized carbons (Fsp3) is 0.143. The Morgan fingerprint density at radius 3 is 2.85 bits per heavy atom. The van der Waals surface area contributed by atoms with Gasteiger partial charge in [0.25, 0.3) is 5.91 Å². The normalized spacial score (nSPS) is 9.62. The van der Waals surface area contributed by atoms with Gasteiger partial charge in [-0.05, 0) is 11.4 Å². The minimum Gasteiger partial charge on any atom is -0.390 e. The molecule has 0 aliphatic rings. The van der Waals surface area contributed by atoms with Crippen molar-refractivity contribution in [2.75, 3.05) is 12.3 Å². The van der Waals surface area contributed by atoms with E-state index in [-0.39, 0.29) is 6.54 Å². The van der Waals surface area contributed by atoms with Gasteiger partial charge >= 0.3 is 0 Å². The van der Waals surface area contributed by atoms with E-state index in [4.69, 9.17) is 11.6 Å². The first-order valence-corrected chi connectivity index (χ1v) is 4.38. The smallest absolute Gasteiger partial charge is 0.271 e. The monoisotopic (exact) mass is 199 g/mol. The van der Waals surface area contributed by atoms with E-state index in [0.717, 1.165) is 5.01 Å². The molecular formula is C7H9N3O2S. The van der Waals surface area contributed by atoms with Crippen molar-refractivity contribution in [1.82, 2.24) is 5.01 Å². The average molecular weight is 199 g/mol. The fourth-order valence-electron chi connectivity index (χ4n) is 0.816. The highest BCUT2D eigenvalue weighted by Crippen LogP contribution is 2.19. The second kappa shape index (κ2) is 4.01. The summed E-state index contributed by atoms with van der Waals surface area (Å²) in [6.07, 6.45) is 0.556. The lowest BCUT2D eigenvalue weighted by Crippen LogP contribution is -2.38. The Kier molecular flexibility index (Phi) is 2.99. The maximum atomic E-state index is 11.4. The molecule has 0 spiro atoms. The predicted octanol–water partition coefficient (Wildman–Crippen LogP) is -0.155. The molecule has 6 heteroatoms. The maximum absolute atomic E-state index is 11.4. The summed E-state index contributed by atoms with van der Waals surface area (Å²) in [6, 6.07) is 1.58. The molecule has 0 saturated carbocycles. The van der Waals surface area contributed by atoms with Crippen LogP contribution in [0.4, 0.5) is 5.00 Å². The third kappa shape index (κ3) is 2.04. The van der Waals surface area contributed by atoms with Crippen LogP contribution in [-0.4, -0.2) is 23.7 Å². The number of anilines is 1. The van der Waals surface area contributed by atoms with Gasteiger partial charge in [-0.15, -0.1) is 11.3 Å². The third-order valence-electron chi connectivity index (χ3n) is 1.46. The molecule has 1 aromatic rings. The SMILES string of the molecule is Nc1sccc1C(=O)N(N)CC=O. The van der Waals surface area contributed by atoms with Crippen LogP contribution in [0.25, 0.3) is 0 Å². The van der Waals surface area contributed by atoms with Crippen LogP contribution in [0.2, 0.25) is 0 Å². The first-order chi connectivity index (χ1) is 6.16. The van der Waals surface area contributed by atoms with Crippen LogP contribution >= 0.6 is 11.3 Å². The number of carbonyl (C=O) groups is 2. The van der Waals surface area contributed by atoms with Crippen molar-refractivity contribution >= 4 is 28.5 Å². The molecule has 0 aromatic carbocycles. The zero-order valence-electron chi connectivity index (χ0n) is 6.77. The largest absolute Gasteiger partial charge is 0.390 e. The summed E-state index contributed by atoms with van der Waals surface area (Å²) >= 11 is 1.25. The fourth-order valence-corrected chi connectivity index (χ4v) is 1.45. The van der Waals surface area contributed by atoms with Gasteiger partial charge in [-0.1, -0.05) is 0 Å². The number of nitrogen functional groups attached to an aromatic ring is 1. The molecule has 0 fully saturated rings. The highest BCUT2D eigenvalue weighted by molar-refractivity contribution is 7.14. The van der Waals surface area contributed by atoms with Gasteiger partial charge in [0.05, 0.1) is 17.1 Å². The van der Waals surface area contributed by atoms with E-state index < -0.39 is 5.91 Å². The highest BCUT2D eigenvalue weighted by atomic mass is 32.1. The number of aldehydes is 1. The molecule has 5 nitrogen and oxygen atoms in total. The molecule has 1 rings (SSSR count). The summed E-state index contributed by atoms with van der Waals surface area (Å²) in [4.78, 5) is 21.5. The molecule has 1 amide bonds. The predicted molar refractivity (Wildman–Crippen MR) is 50.0 cm³/mol. The number of hydrazine groups is 1. The summed E-state index contributed by atoms with van der Waals surface area (Å²) in [5.74, 6) is 4.85. The molecule has 0 aliphatic carbocycles. The number of nitrogens with zero attached hydrogens (tertiary/aromatic N) is 1. The Morgan fingerprint density at radius 1 is 1.69 bits per heavy atom. The van der Waals surface area contributed by atoms with Crippen LogP contribution in [0.3, 0.4) is 0 Å². The quantitative estimate of drug-likeness (QED) is 0.306. The lowest BCUT2D eigenvalue weighted by Gasteiger charge is -2.12. The summed E-state index contributed by atoms with van der Waals surface area (Å²) in [7, 11) is 0. The second-order valence-corrected chi connectivity index (χ2v) is 3.27. The summed E-state index contributed by atoms with van der Waals surface area (Å²) in [5.41, 5.74) is 5.84. The molecule has 0 saturated heterocycles. The van der Waals surface area contributed by atoms with Crippen LogP contribution in [0.5, 0.6) is 0 Å². The lowest BCUT2D eigenvalue weighted by molar-refractivity contribution is -0.108. The zero-order chi connectivity index (χ0) is 9.84. The standard InChI is InChI=1S/C7H9N3O2S/c8-6-5(1-4-13-6)7(12)10(9)2-3-11/h1,3-4H,2,8-9H2. The van der Waals surface area contributed by atoms with Gasteiger partial charge in [-0.3, -0.25) is 9.80 Å². The minimum atomic E-state index is -0.439. The number of carbonyl (C=O) groups excluding carboxylic acids is 2. The Hall–Kier alpha value is -1.40. The summed E-state index contributed by atoms with van der Waals surface area (Å²) < 4.78 is 0. The number of hydrogen-bond acceptors (Lipinski definition) is 5. The van der Waals surface area contributed by atoms with Crippen LogP contribution in [-0.2, 0) is 4.79 Å². The van der Waals surface area contributed by atoms with E-state index in [0.29, 0.717) is 16.9 Å². The van der Waals surface area contributed by atoms with E-state index in [2.05, 4.69) is 0 Å². The minimum absolute atomic E-state index is 0.131. The Bertz CT molecular complexity index is 323. The van der Waals surface area contributed by atoms with Crippen molar-refractivity contribution in [2.24, 2.45) is 5.84 Å². The molecule has 4 N–H and O–H groups in total. The van der Waals surface area contributed by atoms with Crippen molar-refractivity contribution in [3.63, 3.8) is 0 Å². The number of rotatable bonds is 3. The van der Waals surface area contributed by atoms with Crippen LogP contribution in [0.15, 0.2) is 11.4 Å². The molecule has 0 radical (unpaired) electrons. The number of amides is 1. The molecule has 0 atom stereocenters. The number of nitrogens with two attached hydrogens (primary N) is 2.